The van der Waals surface area contributed by atoms with Gasteiger partial charge >= 0.3 is 5.97 Å². The Morgan fingerprint density at radius 3 is 2.65 bits per heavy atom. The first-order valence-corrected chi connectivity index (χ1v) is 12.7. The zero-order valence-corrected chi connectivity index (χ0v) is 20.6. The Balaban J connectivity index is 1.70. The van der Waals surface area contributed by atoms with Crippen LogP contribution in [0.1, 0.15) is 20.3 Å². The smallest absolute Gasteiger partial charge is 0.311 e. The molecule has 1 aromatic rings. The number of anilines is 1. The molecule has 0 aliphatic carbocycles. The molecule has 1 aromatic carbocycles. The van der Waals surface area contributed by atoms with Crippen LogP contribution < -0.4 is 4.90 Å². The van der Waals surface area contributed by atoms with E-state index in [0.717, 1.165) is 0 Å². The molecule has 5 rings (SSSR count). The minimum Gasteiger partial charge on any atom is -0.461 e. The van der Waals surface area contributed by atoms with E-state index in [1.54, 1.807) is 29.2 Å². The number of carbonyl (C=O) groups excluding carboxylic acids is 3. The molecule has 4 heterocycles. The number of benzene rings is 1. The number of rotatable bonds is 4. The second kappa shape index (κ2) is 8.43. The number of fused-ring (bicyclic) bond motifs is 2. The summed E-state index contributed by atoms with van der Waals surface area (Å²) in [6.45, 7) is 3.98. The van der Waals surface area contributed by atoms with E-state index in [1.807, 2.05) is 38.1 Å². The summed E-state index contributed by atoms with van der Waals surface area (Å²) in [6, 6.07) is 5.67. The monoisotopic (exact) mass is 502 g/mol. The van der Waals surface area contributed by atoms with Gasteiger partial charge in [0.25, 0.3) is 5.91 Å². The fourth-order valence-electron chi connectivity index (χ4n) is 5.99. The van der Waals surface area contributed by atoms with Crippen LogP contribution in [-0.4, -0.2) is 69.1 Å². The molecule has 1 N–H and O–H groups in total. The molecule has 180 valence electrons. The molecule has 1 unspecified atom stereocenters. The zero-order valence-electron chi connectivity index (χ0n) is 19.0. The zero-order chi connectivity index (χ0) is 24.3. The van der Waals surface area contributed by atoms with Gasteiger partial charge in [-0.2, -0.15) is 0 Å². The number of nitrogens with zero attached hydrogens (tertiary/aromatic N) is 2. The van der Waals surface area contributed by atoms with Gasteiger partial charge in [0.2, 0.25) is 5.91 Å². The summed E-state index contributed by atoms with van der Waals surface area (Å²) in [6.07, 6.45) is 8.04. The Morgan fingerprint density at radius 2 is 1.94 bits per heavy atom. The van der Waals surface area contributed by atoms with Crippen LogP contribution in [0.15, 0.2) is 48.6 Å². The molecule has 0 bridgehead atoms. The maximum atomic E-state index is 14.3. The van der Waals surface area contributed by atoms with Crippen LogP contribution in [-0.2, 0) is 19.1 Å². The number of hydrogen-bond donors (Lipinski definition) is 1. The first-order chi connectivity index (χ1) is 16.3. The van der Waals surface area contributed by atoms with Crippen LogP contribution in [0.2, 0.25) is 5.02 Å². The molecule has 6 atom stereocenters. The molecule has 0 saturated carbocycles. The van der Waals surface area contributed by atoms with E-state index < -0.39 is 39.4 Å². The van der Waals surface area contributed by atoms with E-state index >= 15 is 0 Å². The van der Waals surface area contributed by atoms with Crippen LogP contribution in [0, 0.1) is 11.8 Å². The molecule has 0 radical (unpaired) electrons. The highest BCUT2D eigenvalue weighted by Crippen LogP contribution is 2.65. The van der Waals surface area contributed by atoms with Crippen LogP contribution in [0.3, 0.4) is 0 Å². The topological polar surface area (TPSA) is 87.2 Å². The number of halogens is 1. The third-order valence-corrected chi connectivity index (χ3v) is 9.59. The lowest BCUT2D eigenvalue weighted by atomic mass is 9.75. The summed E-state index contributed by atoms with van der Waals surface area (Å²) < 4.78 is 3.75. The Labute approximate surface area is 207 Å². The van der Waals surface area contributed by atoms with Gasteiger partial charge in [-0.25, -0.2) is 0 Å². The standard InChI is InChI=1S/C25H27ClN2O5S/c1-3-15(14-29)28-20-22(31)27(17-9-5-4-8-16(17)26)12-6-11-25(20)18(21(28)30)19-23(32)33-13-7-10-24(19,2)34-25/h4-11,15,18-20,29H,3,12-14H2,1-2H3/t15-,18-,19-,20?,24+,25-/m0/s1. The molecule has 2 fully saturated rings. The van der Waals surface area contributed by atoms with Crippen LogP contribution in [0.5, 0.6) is 0 Å². The lowest BCUT2D eigenvalue weighted by Crippen LogP contribution is -2.56. The highest BCUT2D eigenvalue weighted by molar-refractivity contribution is 8.02. The second-order valence-electron chi connectivity index (χ2n) is 9.32. The van der Waals surface area contributed by atoms with E-state index in [1.165, 1.54) is 16.7 Å². The largest absolute Gasteiger partial charge is 0.461 e. The maximum Gasteiger partial charge on any atom is 0.311 e. The quantitative estimate of drug-likeness (QED) is 0.503. The Hall–Kier alpha value is -2.29. The summed E-state index contributed by atoms with van der Waals surface area (Å²) in [5.74, 6) is -2.52. The van der Waals surface area contributed by atoms with Crippen molar-refractivity contribution in [3.8, 4) is 0 Å². The van der Waals surface area contributed by atoms with Gasteiger partial charge in [0.1, 0.15) is 12.6 Å². The fourth-order valence-corrected chi connectivity index (χ4v) is 8.37. The van der Waals surface area contributed by atoms with Gasteiger partial charge in [-0.15, -0.1) is 11.8 Å². The second-order valence-corrected chi connectivity index (χ2v) is 11.5. The third kappa shape index (κ3) is 3.18. The Kier molecular flexibility index (Phi) is 5.81. The molecule has 2 saturated heterocycles. The number of aliphatic hydroxyl groups is 1. The molecule has 2 amide bonds. The Morgan fingerprint density at radius 1 is 1.18 bits per heavy atom. The third-order valence-electron chi connectivity index (χ3n) is 7.47. The number of hydrogen-bond acceptors (Lipinski definition) is 6. The van der Waals surface area contributed by atoms with Crippen molar-refractivity contribution in [3.05, 3.63) is 53.6 Å². The van der Waals surface area contributed by atoms with Crippen molar-refractivity contribution in [2.45, 2.75) is 41.8 Å². The number of thioether (sulfide) groups is 1. The minimum absolute atomic E-state index is 0.163. The van der Waals surface area contributed by atoms with Crippen molar-refractivity contribution in [1.82, 2.24) is 4.90 Å². The van der Waals surface area contributed by atoms with Crippen molar-refractivity contribution in [2.75, 3.05) is 24.7 Å². The summed E-state index contributed by atoms with van der Waals surface area (Å²) >= 11 is 7.94. The predicted octanol–water partition coefficient (Wildman–Crippen LogP) is 2.81. The summed E-state index contributed by atoms with van der Waals surface area (Å²) in [7, 11) is 0. The molecule has 4 aliphatic heterocycles. The van der Waals surface area contributed by atoms with E-state index in [2.05, 4.69) is 0 Å². The molecule has 1 spiro atoms. The van der Waals surface area contributed by atoms with E-state index in [-0.39, 0.29) is 31.6 Å². The van der Waals surface area contributed by atoms with Crippen molar-refractivity contribution >= 4 is 46.8 Å². The number of esters is 1. The van der Waals surface area contributed by atoms with Crippen molar-refractivity contribution in [3.63, 3.8) is 0 Å². The number of para-hydroxylation sites is 1. The fraction of sp³-hybridized carbons (Fsp3) is 0.480. The van der Waals surface area contributed by atoms with E-state index in [0.29, 0.717) is 17.1 Å². The highest BCUT2D eigenvalue weighted by atomic mass is 35.5. The van der Waals surface area contributed by atoms with Gasteiger partial charge in [0.05, 0.1) is 39.9 Å². The number of amides is 2. The molecular weight excluding hydrogens is 476 g/mol. The first kappa shape index (κ1) is 23.5. The number of cyclic esters (lactones) is 1. The lowest BCUT2D eigenvalue weighted by molar-refractivity contribution is -0.153. The number of likely N-dealkylation sites (tertiary alicyclic amines) is 1. The van der Waals surface area contributed by atoms with Crippen molar-refractivity contribution in [2.24, 2.45) is 11.8 Å². The summed E-state index contributed by atoms with van der Waals surface area (Å²) in [4.78, 5) is 44.6. The summed E-state index contributed by atoms with van der Waals surface area (Å²) in [5.41, 5.74) is 0.562. The molecule has 4 aliphatic rings. The van der Waals surface area contributed by atoms with Crippen LogP contribution in [0.25, 0.3) is 0 Å². The number of aliphatic hydroxyl groups excluding tert-OH is 1. The minimum atomic E-state index is -0.979. The van der Waals surface area contributed by atoms with Crippen molar-refractivity contribution in [1.29, 1.82) is 0 Å². The average Bonchev–Trinajstić information content (AvgIpc) is 3.07. The molecule has 7 nitrogen and oxygen atoms in total. The lowest BCUT2D eigenvalue weighted by Gasteiger charge is -2.39. The van der Waals surface area contributed by atoms with Gasteiger partial charge in [-0.05, 0) is 31.6 Å². The molecule has 9 heteroatoms. The van der Waals surface area contributed by atoms with E-state index in [4.69, 9.17) is 16.3 Å². The normalized spacial score (nSPS) is 35.4. The van der Waals surface area contributed by atoms with Crippen LogP contribution >= 0.6 is 23.4 Å². The van der Waals surface area contributed by atoms with Crippen LogP contribution in [0.4, 0.5) is 5.69 Å². The van der Waals surface area contributed by atoms with Gasteiger partial charge in [-0.3, -0.25) is 14.4 Å². The van der Waals surface area contributed by atoms with Gasteiger partial charge in [0, 0.05) is 11.3 Å². The first-order valence-electron chi connectivity index (χ1n) is 11.5. The molecule has 34 heavy (non-hydrogen) atoms. The van der Waals surface area contributed by atoms with Crippen molar-refractivity contribution < 1.29 is 24.2 Å². The van der Waals surface area contributed by atoms with Gasteiger partial charge < -0.3 is 19.6 Å². The maximum absolute atomic E-state index is 14.3. The van der Waals surface area contributed by atoms with E-state index in [9.17, 15) is 19.5 Å². The summed E-state index contributed by atoms with van der Waals surface area (Å²) in [5, 5.41) is 10.6. The number of ether oxygens (including phenoxy) is 1. The Bertz CT molecular complexity index is 1100. The molecular formula is C25H27ClN2O5S. The molecule has 0 aromatic heterocycles. The predicted molar refractivity (Wildman–Crippen MR) is 131 cm³/mol. The SMILES string of the molecule is CC[C@@H](CO)N1C(=O)[C@@H]2[C@H]3C(=O)OCC=C[C@@]3(C)S[C@@]23C=CCN(c2ccccc2Cl)C(=O)C13. The van der Waals surface area contributed by atoms with Gasteiger partial charge in [-0.1, -0.05) is 48.9 Å². The average molecular weight is 503 g/mol. The highest BCUT2D eigenvalue weighted by Gasteiger charge is 2.74. The number of carbonyl (C=O) groups is 3. The van der Waals surface area contributed by atoms with Gasteiger partial charge in [0.15, 0.2) is 0 Å².